The smallest absolute Gasteiger partial charge is 0.162 e. The summed E-state index contributed by atoms with van der Waals surface area (Å²) in [5.41, 5.74) is 4.10. The number of carbonyl (C=O) groups excluding carboxylic acids is 1. The van der Waals surface area contributed by atoms with E-state index < -0.39 is 0 Å². The second-order valence-electron chi connectivity index (χ2n) is 7.96. The summed E-state index contributed by atoms with van der Waals surface area (Å²) < 4.78 is 5.66. The molecule has 1 aliphatic carbocycles. The van der Waals surface area contributed by atoms with Gasteiger partial charge in [0.2, 0.25) is 0 Å². The first-order valence-corrected chi connectivity index (χ1v) is 9.23. The molecule has 2 aliphatic rings. The number of ether oxygens (including phenoxy) is 1. The van der Waals surface area contributed by atoms with E-state index in [-0.39, 0.29) is 17.1 Å². The van der Waals surface area contributed by atoms with Crippen LogP contribution in [0.5, 0.6) is 5.75 Å². The molecule has 0 amide bonds. The van der Waals surface area contributed by atoms with Crippen LogP contribution in [-0.2, 0) is 4.79 Å². The van der Waals surface area contributed by atoms with Gasteiger partial charge in [0.05, 0.1) is 24.2 Å². The minimum atomic E-state index is -0.292. The van der Waals surface area contributed by atoms with Crippen LogP contribution in [-0.4, -0.2) is 12.4 Å². The fourth-order valence-corrected chi connectivity index (χ4v) is 3.89. The molecule has 4 heteroatoms. The summed E-state index contributed by atoms with van der Waals surface area (Å²) in [6.45, 7) is 8.90. The molecule has 1 atom stereocenters. The second-order valence-corrected chi connectivity index (χ2v) is 7.96. The summed E-state index contributed by atoms with van der Waals surface area (Å²) in [6, 6.07) is 10.1. The maximum Gasteiger partial charge on any atom is 0.162 e. The van der Waals surface area contributed by atoms with Gasteiger partial charge in [-0.1, -0.05) is 32.9 Å². The second kappa shape index (κ2) is 6.99. The molecule has 0 saturated heterocycles. The van der Waals surface area contributed by atoms with E-state index in [9.17, 15) is 10.1 Å². The lowest BCUT2D eigenvalue weighted by Gasteiger charge is -2.38. The molecule has 4 nitrogen and oxygen atoms in total. The van der Waals surface area contributed by atoms with Crippen LogP contribution in [0.2, 0.25) is 0 Å². The van der Waals surface area contributed by atoms with Crippen molar-refractivity contribution in [2.24, 2.45) is 5.41 Å². The Balaban J connectivity index is 2.03. The van der Waals surface area contributed by atoms with E-state index >= 15 is 0 Å². The molecule has 1 N–H and O–H groups in total. The molecular weight excluding hydrogens is 324 g/mol. The Hall–Kier alpha value is -2.54. The fraction of sp³-hybridized carbons (Fsp3) is 0.455. The molecule has 1 aliphatic heterocycles. The van der Waals surface area contributed by atoms with E-state index in [1.807, 2.05) is 31.2 Å². The third kappa shape index (κ3) is 3.39. The van der Waals surface area contributed by atoms with Crippen LogP contribution in [0.3, 0.4) is 0 Å². The van der Waals surface area contributed by atoms with Gasteiger partial charge in [-0.25, -0.2) is 0 Å². The number of nitrogens with one attached hydrogen (secondary N) is 1. The van der Waals surface area contributed by atoms with E-state index in [2.05, 4.69) is 32.2 Å². The number of ketones is 1. The number of allylic oxidation sites excluding steroid dienone is 4. The Bertz CT molecular complexity index is 823. The Labute approximate surface area is 155 Å². The molecule has 1 aromatic rings. The van der Waals surface area contributed by atoms with E-state index in [0.29, 0.717) is 18.6 Å². The zero-order valence-electron chi connectivity index (χ0n) is 16.0. The summed E-state index contributed by atoms with van der Waals surface area (Å²) in [4.78, 5) is 12.9. The first-order chi connectivity index (χ1) is 12.4. The third-order valence-electron chi connectivity index (χ3n) is 5.05. The minimum absolute atomic E-state index is 0.0598. The lowest BCUT2D eigenvalue weighted by molar-refractivity contribution is -0.118. The molecular formula is C22H26N2O2. The number of dihydropyridines is 1. The summed E-state index contributed by atoms with van der Waals surface area (Å²) in [6.07, 6.45) is 2.29. The molecule has 0 aromatic heterocycles. The molecule has 0 bridgehead atoms. The van der Waals surface area contributed by atoms with Crippen molar-refractivity contribution in [3.8, 4) is 11.8 Å². The molecule has 136 valence electrons. The van der Waals surface area contributed by atoms with Crippen LogP contribution in [0, 0.1) is 16.7 Å². The summed E-state index contributed by atoms with van der Waals surface area (Å²) in [5, 5.41) is 13.1. The average Bonchev–Trinajstić information content (AvgIpc) is 2.58. The van der Waals surface area contributed by atoms with Crippen LogP contribution in [0.25, 0.3) is 0 Å². The van der Waals surface area contributed by atoms with Crippen molar-refractivity contribution in [3.63, 3.8) is 0 Å². The standard InChI is InChI=1S/C22H26N2O2/c1-5-10-26-16-8-6-15(7-9-16)20-17(13-23)14(2)24-18-11-22(3,4)12-19(25)21(18)20/h6-9,20,24H,5,10-12H2,1-4H3/t20-/m0/s1. The fourth-order valence-electron chi connectivity index (χ4n) is 3.89. The van der Waals surface area contributed by atoms with Crippen molar-refractivity contribution in [1.29, 1.82) is 5.26 Å². The predicted molar refractivity (Wildman–Crippen MR) is 101 cm³/mol. The average molecular weight is 350 g/mol. The Morgan fingerprint density at radius 3 is 2.58 bits per heavy atom. The van der Waals surface area contributed by atoms with Crippen LogP contribution in [0.15, 0.2) is 46.8 Å². The van der Waals surface area contributed by atoms with Gasteiger partial charge in [0.15, 0.2) is 5.78 Å². The molecule has 0 saturated carbocycles. The quantitative estimate of drug-likeness (QED) is 0.862. The van der Waals surface area contributed by atoms with Gasteiger partial charge in [-0.3, -0.25) is 4.79 Å². The molecule has 0 unspecified atom stereocenters. The van der Waals surface area contributed by atoms with Gasteiger partial charge in [-0.15, -0.1) is 0 Å². The molecule has 0 radical (unpaired) electrons. The van der Waals surface area contributed by atoms with Gasteiger partial charge in [0.25, 0.3) is 0 Å². The van der Waals surface area contributed by atoms with E-state index in [1.165, 1.54) is 0 Å². The number of hydrogen-bond donors (Lipinski definition) is 1. The SMILES string of the molecule is CCCOc1ccc([C@H]2C(C#N)=C(C)NC3=C2C(=O)CC(C)(C)C3)cc1. The lowest BCUT2D eigenvalue weighted by atomic mass is 9.69. The van der Waals surface area contributed by atoms with Crippen molar-refractivity contribution in [3.05, 3.63) is 52.4 Å². The Morgan fingerprint density at radius 1 is 1.27 bits per heavy atom. The van der Waals surface area contributed by atoms with Crippen molar-refractivity contribution in [2.75, 3.05) is 6.61 Å². The first kappa shape index (κ1) is 18.3. The van der Waals surface area contributed by atoms with Crippen LogP contribution in [0.4, 0.5) is 0 Å². The van der Waals surface area contributed by atoms with Crippen LogP contribution in [0.1, 0.15) is 58.4 Å². The summed E-state index contributed by atoms with van der Waals surface area (Å²) in [7, 11) is 0. The highest BCUT2D eigenvalue weighted by atomic mass is 16.5. The number of rotatable bonds is 4. The van der Waals surface area contributed by atoms with E-state index in [0.717, 1.165) is 41.1 Å². The number of hydrogen-bond acceptors (Lipinski definition) is 4. The third-order valence-corrected chi connectivity index (χ3v) is 5.05. The predicted octanol–water partition coefficient (Wildman–Crippen LogP) is 4.60. The number of nitriles is 1. The van der Waals surface area contributed by atoms with Gasteiger partial charge >= 0.3 is 0 Å². The molecule has 0 spiro atoms. The highest BCUT2D eigenvalue weighted by Gasteiger charge is 2.40. The monoisotopic (exact) mass is 350 g/mol. The Kier molecular flexibility index (Phi) is 4.91. The minimum Gasteiger partial charge on any atom is -0.494 e. The maximum atomic E-state index is 12.9. The topological polar surface area (TPSA) is 62.1 Å². The maximum absolute atomic E-state index is 12.9. The zero-order valence-corrected chi connectivity index (χ0v) is 16.0. The van der Waals surface area contributed by atoms with Crippen molar-refractivity contribution < 1.29 is 9.53 Å². The van der Waals surface area contributed by atoms with Gasteiger partial charge < -0.3 is 10.1 Å². The number of Topliss-reactive ketones (excluding diaryl/α,β-unsaturated/α-hetero) is 1. The number of carbonyl (C=O) groups is 1. The molecule has 26 heavy (non-hydrogen) atoms. The van der Waals surface area contributed by atoms with Gasteiger partial charge in [-0.2, -0.15) is 5.26 Å². The summed E-state index contributed by atoms with van der Waals surface area (Å²) >= 11 is 0. The van der Waals surface area contributed by atoms with Crippen LogP contribution < -0.4 is 10.1 Å². The molecule has 0 fully saturated rings. The first-order valence-electron chi connectivity index (χ1n) is 9.23. The van der Waals surface area contributed by atoms with Gasteiger partial charge in [0.1, 0.15) is 5.75 Å². The normalized spacial score (nSPS) is 21.8. The van der Waals surface area contributed by atoms with Gasteiger partial charge in [-0.05, 0) is 42.9 Å². The van der Waals surface area contributed by atoms with E-state index in [4.69, 9.17) is 4.74 Å². The lowest BCUT2D eigenvalue weighted by Crippen LogP contribution is -2.36. The largest absolute Gasteiger partial charge is 0.494 e. The van der Waals surface area contributed by atoms with Gasteiger partial charge in [0, 0.05) is 23.4 Å². The van der Waals surface area contributed by atoms with Crippen molar-refractivity contribution in [2.45, 2.75) is 52.9 Å². The summed E-state index contributed by atoms with van der Waals surface area (Å²) in [5.74, 6) is 0.662. The number of benzene rings is 1. The van der Waals surface area contributed by atoms with Crippen molar-refractivity contribution in [1.82, 2.24) is 5.32 Å². The van der Waals surface area contributed by atoms with E-state index in [1.54, 1.807) is 0 Å². The molecule has 1 aromatic carbocycles. The number of nitrogens with zero attached hydrogens (tertiary/aromatic N) is 1. The van der Waals surface area contributed by atoms with Crippen molar-refractivity contribution >= 4 is 5.78 Å². The van der Waals surface area contributed by atoms with Crippen LogP contribution >= 0.6 is 0 Å². The zero-order chi connectivity index (χ0) is 18.9. The molecule has 3 rings (SSSR count). The Morgan fingerprint density at radius 2 is 1.96 bits per heavy atom. The highest BCUT2D eigenvalue weighted by molar-refractivity contribution is 6.00. The highest BCUT2D eigenvalue weighted by Crippen LogP contribution is 2.46. The molecule has 1 heterocycles.